The normalized spacial score (nSPS) is 17.5. The molecule has 1 N–H and O–H groups in total. The molecule has 1 unspecified atom stereocenters. The van der Waals surface area contributed by atoms with Gasteiger partial charge in [-0.15, -0.1) is 0 Å². The molecule has 33 heavy (non-hydrogen) atoms. The van der Waals surface area contributed by atoms with Crippen LogP contribution < -0.4 is 9.64 Å². The van der Waals surface area contributed by atoms with Crippen LogP contribution in [0.3, 0.4) is 0 Å². The van der Waals surface area contributed by atoms with Crippen molar-refractivity contribution in [1.82, 2.24) is 0 Å². The molecule has 0 bridgehead atoms. The second kappa shape index (κ2) is 9.12. The minimum atomic E-state index is -0.806. The number of hydrogen-bond acceptors (Lipinski definition) is 4. The predicted octanol–water partition coefficient (Wildman–Crippen LogP) is 5.98. The zero-order chi connectivity index (χ0) is 23.7. The average molecular weight is 462 g/mol. The summed E-state index contributed by atoms with van der Waals surface area (Å²) in [4.78, 5) is 27.9. The number of aryl methyl sites for hydroxylation is 2. The van der Waals surface area contributed by atoms with Crippen molar-refractivity contribution in [2.75, 3.05) is 11.5 Å². The molecule has 0 saturated carbocycles. The summed E-state index contributed by atoms with van der Waals surface area (Å²) in [5.41, 5.74) is 3.51. The van der Waals surface area contributed by atoms with Crippen LogP contribution in [0.5, 0.6) is 5.75 Å². The number of aliphatic hydroxyl groups is 1. The fourth-order valence-electron chi connectivity index (χ4n) is 4.05. The molecule has 3 aromatic rings. The van der Waals surface area contributed by atoms with Gasteiger partial charge in [0.25, 0.3) is 11.7 Å². The van der Waals surface area contributed by atoms with Crippen molar-refractivity contribution in [3.63, 3.8) is 0 Å². The Labute approximate surface area is 197 Å². The molecule has 1 saturated heterocycles. The summed E-state index contributed by atoms with van der Waals surface area (Å²) in [6.07, 6.45) is 0. The highest BCUT2D eigenvalue weighted by molar-refractivity contribution is 6.52. The summed E-state index contributed by atoms with van der Waals surface area (Å²) >= 11 is 6.38. The van der Waals surface area contributed by atoms with Gasteiger partial charge in [-0.1, -0.05) is 59.1 Å². The Morgan fingerprint density at radius 1 is 1.00 bits per heavy atom. The van der Waals surface area contributed by atoms with E-state index in [0.29, 0.717) is 23.6 Å². The Morgan fingerprint density at radius 2 is 1.73 bits per heavy atom. The lowest BCUT2D eigenvalue weighted by atomic mass is 9.94. The standard InChI is InChI=1S/C27H24ClNO4/c1-4-33-20-12-13-22(28)21(15-20)25(30)23-24(18-7-5-6-17(3)14-18)29(27(32)26(23)31)19-10-8-16(2)9-11-19/h5-15,24,30H,4H2,1-3H3/b25-23+. The number of hydrogen-bond donors (Lipinski definition) is 1. The van der Waals surface area contributed by atoms with Crippen molar-refractivity contribution >= 4 is 34.7 Å². The Balaban J connectivity index is 1.96. The van der Waals surface area contributed by atoms with Gasteiger partial charge in [-0.05, 0) is 56.7 Å². The van der Waals surface area contributed by atoms with E-state index in [1.807, 2.05) is 57.2 Å². The first-order chi connectivity index (χ1) is 15.8. The van der Waals surface area contributed by atoms with Gasteiger partial charge in [0.05, 0.1) is 23.2 Å². The fourth-order valence-corrected chi connectivity index (χ4v) is 4.25. The molecule has 168 valence electrons. The smallest absolute Gasteiger partial charge is 0.300 e. The van der Waals surface area contributed by atoms with E-state index in [1.54, 1.807) is 30.3 Å². The maximum atomic E-state index is 13.3. The highest BCUT2D eigenvalue weighted by atomic mass is 35.5. The maximum Gasteiger partial charge on any atom is 0.300 e. The number of rotatable bonds is 5. The summed E-state index contributed by atoms with van der Waals surface area (Å²) < 4.78 is 5.54. The number of carbonyl (C=O) groups excluding carboxylic acids is 2. The lowest BCUT2D eigenvalue weighted by molar-refractivity contribution is -0.132. The first-order valence-electron chi connectivity index (χ1n) is 10.7. The van der Waals surface area contributed by atoms with E-state index in [4.69, 9.17) is 16.3 Å². The molecular weight excluding hydrogens is 438 g/mol. The molecule has 3 aromatic carbocycles. The molecule has 0 spiro atoms. The Hall–Kier alpha value is -3.57. The van der Waals surface area contributed by atoms with E-state index in [1.165, 1.54) is 4.90 Å². The van der Waals surface area contributed by atoms with E-state index >= 15 is 0 Å². The molecule has 6 heteroatoms. The molecule has 0 radical (unpaired) electrons. The van der Waals surface area contributed by atoms with E-state index in [9.17, 15) is 14.7 Å². The van der Waals surface area contributed by atoms with E-state index in [-0.39, 0.29) is 21.9 Å². The largest absolute Gasteiger partial charge is 0.507 e. The number of anilines is 1. The van der Waals surface area contributed by atoms with E-state index < -0.39 is 17.7 Å². The quantitative estimate of drug-likeness (QED) is 0.288. The number of aliphatic hydroxyl groups excluding tert-OH is 1. The van der Waals surface area contributed by atoms with Crippen LogP contribution in [-0.2, 0) is 9.59 Å². The summed E-state index contributed by atoms with van der Waals surface area (Å²) in [5.74, 6) is -1.30. The number of Topliss-reactive ketones (excluding diaryl/α,β-unsaturated/α-hetero) is 1. The Morgan fingerprint density at radius 3 is 2.39 bits per heavy atom. The molecule has 5 nitrogen and oxygen atoms in total. The van der Waals surface area contributed by atoms with Gasteiger partial charge in [-0.3, -0.25) is 14.5 Å². The number of ketones is 1. The summed E-state index contributed by atoms with van der Waals surface area (Å²) in [7, 11) is 0. The van der Waals surface area contributed by atoms with Crippen molar-refractivity contribution in [3.8, 4) is 5.75 Å². The first-order valence-corrected chi connectivity index (χ1v) is 11.1. The van der Waals surface area contributed by atoms with E-state index in [0.717, 1.165) is 11.1 Å². The molecule has 0 aromatic heterocycles. The van der Waals surface area contributed by atoms with Gasteiger partial charge in [-0.2, -0.15) is 0 Å². The van der Waals surface area contributed by atoms with Crippen molar-refractivity contribution in [2.45, 2.75) is 26.8 Å². The topological polar surface area (TPSA) is 66.8 Å². The molecule has 0 aliphatic carbocycles. The molecule has 1 atom stereocenters. The second-order valence-corrected chi connectivity index (χ2v) is 8.40. The maximum absolute atomic E-state index is 13.3. The summed E-state index contributed by atoms with van der Waals surface area (Å²) in [5, 5.41) is 11.6. The van der Waals surface area contributed by atoms with Gasteiger partial charge in [-0.25, -0.2) is 0 Å². The third kappa shape index (κ3) is 4.24. The molecule has 1 aliphatic heterocycles. The minimum Gasteiger partial charge on any atom is -0.507 e. The zero-order valence-corrected chi connectivity index (χ0v) is 19.4. The number of ether oxygens (including phenoxy) is 1. The summed E-state index contributed by atoms with van der Waals surface area (Å²) in [6, 6.07) is 19.0. The minimum absolute atomic E-state index is 0.0123. The van der Waals surface area contributed by atoms with Crippen LogP contribution in [0.2, 0.25) is 5.02 Å². The van der Waals surface area contributed by atoms with Crippen LogP contribution in [0.25, 0.3) is 5.76 Å². The Kier molecular flexibility index (Phi) is 6.25. The zero-order valence-electron chi connectivity index (χ0n) is 18.6. The fraction of sp³-hybridized carbons (Fsp3) is 0.185. The van der Waals surface area contributed by atoms with Crippen molar-refractivity contribution in [1.29, 1.82) is 0 Å². The second-order valence-electron chi connectivity index (χ2n) is 7.99. The summed E-state index contributed by atoms with van der Waals surface area (Å²) in [6.45, 7) is 6.16. The van der Waals surface area contributed by atoms with Crippen LogP contribution in [0.1, 0.15) is 35.2 Å². The molecule has 1 heterocycles. The molecule has 1 fully saturated rings. The lowest BCUT2D eigenvalue weighted by Gasteiger charge is -2.26. The third-order valence-electron chi connectivity index (χ3n) is 5.62. The van der Waals surface area contributed by atoms with Gasteiger partial charge in [0.1, 0.15) is 11.5 Å². The number of nitrogens with zero attached hydrogens (tertiary/aromatic N) is 1. The molecule has 1 aliphatic rings. The highest BCUT2D eigenvalue weighted by Crippen LogP contribution is 2.43. The van der Waals surface area contributed by atoms with Gasteiger partial charge in [0, 0.05) is 11.3 Å². The molecule has 4 rings (SSSR count). The number of benzene rings is 3. The molecular formula is C27H24ClNO4. The first kappa shape index (κ1) is 22.6. The predicted molar refractivity (Wildman–Crippen MR) is 130 cm³/mol. The number of carbonyl (C=O) groups is 2. The lowest BCUT2D eigenvalue weighted by Crippen LogP contribution is -2.29. The highest BCUT2D eigenvalue weighted by Gasteiger charge is 2.47. The third-order valence-corrected chi connectivity index (χ3v) is 5.95. The van der Waals surface area contributed by atoms with Gasteiger partial charge in [0.15, 0.2) is 0 Å². The molecule has 1 amide bonds. The average Bonchev–Trinajstić information content (AvgIpc) is 3.06. The van der Waals surface area contributed by atoms with Gasteiger partial charge < -0.3 is 9.84 Å². The SMILES string of the molecule is CCOc1ccc(Cl)c(/C(O)=C2\C(=O)C(=O)N(c3ccc(C)cc3)C2c2cccc(C)c2)c1. The van der Waals surface area contributed by atoms with Crippen molar-refractivity contribution < 1.29 is 19.4 Å². The number of halogens is 1. The van der Waals surface area contributed by atoms with Crippen molar-refractivity contribution in [2.24, 2.45) is 0 Å². The van der Waals surface area contributed by atoms with E-state index in [2.05, 4.69) is 0 Å². The van der Waals surface area contributed by atoms with Gasteiger partial charge >= 0.3 is 0 Å². The van der Waals surface area contributed by atoms with Crippen LogP contribution in [0.15, 0.2) is 72.3 Å². The van der Waals surface area contributed by atoms with Crippen LogP contribution >= 0.6 is 11.6 Å². The van der Waals surface area contributed by atoms with Crippen molar-refractivity contribution in [3.05, 3.63) is 99.6 Å². The Bertz CT molecular complexity index is 1260. The van der Waals surface area contributed by atoms with Crippen LogP contribution in [-0.4, -0.2) is 23.4 Å². The van der Waals surface area contributed by atoms with Crippen LogP contribution in [0.4, 0.5) is 5.69 Å². The van der Waals surface area contributed by atoms with Crippen LogP contribution in [0, 0.1) is 13.8 Å². The monoisotopic (exact) mass is 461 g/mol. The number of amides is 1. The van der Waals surface area contributed by atoms with Gasteiger partial charge in [0.2, 0.25) is 0 Å².